The Bertz CT molecular complexity index is 331. The minimum Gasteiger partial charge on any atom is -0.480 e. The molecule has 0 aromatic rings. The Morgan fingerprint density at radius 2 is 2.35 bits per heavy atom. The van der Waals surface area contributed by atoms with Crippen molar-refractivity contribution in [2.75, 3.05) is 13.2 Å². The van der Waals surface area contributed by atoms with E-state index in [1.54, 1.807) is 6.92 Å². The van der Waals surface area contributed by atoms with Gasteiger partial charge in [-0.1, -0.05) is 0 Å². The van der Waals surface area contributed by atoms with E-state index in [4.69, 9.17) is 15.1 Å². The number of hydrogen-bond acceptors (Lipinski definition) is 4. The van der Waals surface area contributed by atoms with Crippen molar-refractivity contribution in [1.82, 2.24) is 5.32 Å². The highest BCUT2D eigenvalue weighted by Gasteiger charge is 2.28. The Morgan fingerprint density at radius 1 is 1.65 bits per heavy atom. The fourth-order valence-electron chi connectivity index (χ4n) is 1.66. The quantitative estimate of drug-likeness (QED) is 0.712. The van der Waals surface area contributed by atoms with E-state index in [1.807, 2.05) is 6.07 Å². The molecule has 0 radical (unpaired) electrons. The number of rotatable bonds is 5. The van der Waals surface area contributed by atoms with Gasteiger partial charge in [0.2, 0.25) is 5.91 Å². The van der Waals surface area contributed by atoms with E-state index in [-0.39, 0.29) is 18.2 Å². The van der Waals surface area contributed by atoms with E-state index < -0.39 is 17.9 Å². The number of carboxylic acids is 1. The Labute approximate surface area is 99.6 Å². The van der Waals surface area contributed by atoms with E-state index in [9.17, 15) is 9.59 Å². The first-order valence-corrected chi connectivity index (χ1v) is 5.55. The largest absolute Gasteiger partial charge is 0.480 e. The summed E-state index contributed by atoms with van der Waals surface area (Å²) in [6, 6.07) is 0.952. The van der Waals surface area contributed by atoms with Crippen LogP contribution in [-0.4, -0.2) is 36.2 Å². The number of carbonyl (C=O) groups is 2. The molecule has 0 aromatic carbocycles. The predicted octanol–water partition coefficient (Wildman–Crippen LogP) is 0.142. The highest BCUT2D eigenvalue weighted by atomic mass is 16.5. The minimum absolute atomic E-state index is 0.116. The summed E-state index contributed by atoms with van der Waals surface area (Å²) in [5.74, 6) is -2.09. The molecule has 0 bridgehead atoms. The highest BCUT2D eigenvalue weighted by Crippen LogP contribution is 2.13. The third kappa shape index (κ3) is 4.04. The number of nitrogens with zero attached hydrogens (tertiary/aromatic N) is 1. The number of ether oxygens (including phenoxy) is 1. The Hall–Kier alpha value is -1.61. The topological polar surface area (TPSA) is 99.4 Å². The van der Waals surface area contributed by atoms with Gasteiger partial charge in [0.15, 0.2) is 0 Å². The summed E-state index contributed by atoms with van der Waals surface area (Å²) in [6.07, 6.45) is 0.733. The summed E-state index contributed by atoms with van der Waals surface area (Å²) in [4.78, 5) is 22.6. The summed E-state index contributed by atoms with van der Waals surface area (Å²) in [5.41, 5.74) is 0. The molecule has 0 aliphatic carbocycles. The van der Waals surface area contributed by atoms with Crippen molar-refractivity contribution in [3.63, 3.8) is 0 Å². The van der Waals surface area contributed by atoms with E-state index in [0.29, 0.717) is 19.6 Å². The molecular formula is C11H16N2O4. The number of nitriles is 1. The number of hydrogen-bond donors (Lipinski definition) is 2. The summed E-state index contributed by atoms with van der Waals surface area (Å²) >= 11 is 0. The van der Waals surface area contributed by atoms with Gasteiger partial charge in [0.25, 0.3) is 0 Å². The summed E-state index contributed by atoms with van der Waals surface area (Å²) in [5, 5.41) is 20.0. The molecule has 6 nitrogen and oxygen atoms in total. The van der Waals surface area contributed by atoms with Crippen molar-refractivity contribution in [2.24, 2.45) is 11.8 Å². The van der Waals surface area contributed by atoms with E-state index in [2.05, 4.69) is 5.32 Å². The van der Waals surface area contributed by atoms with Crippen LogP contribution in [0.2, 0.25) is 0 Å². The lowest BCUT2D eigenvalue weighted by molar-refractivity contribution is -0.142. The first kappa shape index (κ1) is 13.5. The lowest BCUT2D eigenvalue weighted by Crippen LogP contribution is -2.44. The second kappa shape index (κ2) is 6.21. The molecular weight excluding hydrogens is 224 g/mol. The van der Waals surface area contributed by atoms with Gasteiger partial charge < -0.3 is 15.2 Å². The molecule has 1 aliphatic heterocycles. The third-order valence-electron chi connectivity index (χ3n) is 2.72. The van der Waals surface area contributed by atoms with Gasteiger partial charge in [-0.3, -0.25) is 4.79 Å². The fourth-order valence-corrected chi connectivity index (χ4v) is 1.66. The molecule has 94 valence electrons. The van der Waals surface area contributed by atoms with E-state index >= 15 is 0 Å². The normalized spacial score (nSPS) is 22.5. The molecule has 1 saturated heterocycles. The molecule has 3 atom stereocenters. The molecule has 6 heteroatoms. The van der Waals surface area contributed by atoms with Gasteiger partial charge in [-0.25, -0.2) is 4.79 Å². The summed E-state index contributed by atoms with van der Waals surface area (Å²) < 4.78 is 5.06. The average Bonchev–Trinajstić information content (AvgIpc) is 2.81. The van der Waals surface area contributed by atoms with E-state index in [0.717, 1.165) is 0 Å². The van der Waals surface area contributed by atoms with Crippen molar-refractivity contribution < 1.29 is 19.4 Å². The zero-order chi connectivity index (χ0) is 12.8. The van der Waals surface area contributed by atoms with Gasteiger partial charge in [-0.15, -0.1) is 0 Å². The molecule has 0 aromatic heterocycles. The van der Waals surface area contributed by atoms with Crippen molar-refractivity contribution in [1.29, 1.82) is 5.26 Å². The molecule has 0 unspecified atom stereocenters. The standard InChI is InChI=1S/C11H16N2O4/c1-7(5-12)4-9(11(15)16)13-10(14)8-2-3-17-6-8/h7-9H,2-4,6H2,1H3,(H,13,14)(H,15,16)/t7-,8-,9+/m1/s1. The molecule has 1 amide bonds. The number of aliphatic carboxylic acids is 1. The van der Waals surface area contributed by atoms with Gasteiger partial charge >= 0.3 is 5.97 Å². The monoisotopic (exact) mass is 240 g/mol. The fraction of sp³-hybridized carbons (Fsp3) is 0.727. The highest BCUT2D eigenvalue weighted by molar-refractivity contribution is 5.85. The molecule has 0 saturated carbocycles. The van der Waals surface area contributed by atoms with Crippen LogP contribution >= 0.6 is 0 Å². The lowest BCUT2D eigenvalue weighted by atomic mass is 10.0. The molecule has 17 heavy (non-hydrogen) atoms. The van der Waals surface area contributed by atoms with Gasteiger partial charge in [0, 0.05) is 12.5 Å². The molecule has 1 fully saturated rings. The van der Waals surface area contributed by atoms with Crippen LogP contribution in [0.5, 0.6) is 0 Å². The third-order valence-corrected chi connectivity index (χ3v) is 2.72. The molecule has 1 rings (SSSR count). The summed E-state index contributed by atoms with van der Waals surface area (Å²) in [6.45, 7) is 2.50. The number of amides is 1. The average molecular weight is 240 g/mol. The maximum atomic E-state index is 11.7. The molecule has 1 aliphatic rings. The van der Waals surface area contributed by atoms with Crippen LogP contribution in [0.15, 0.2) is 0 Å². The minimum atomic E-state index is -1.11. The van der Waals surface area contributed by atoms with E-state index in [1.165, 1.54) is 0 Å². The zero-order valence-corrected chi connectivity index (χ0v) is 9.68. The molecule has 0 spiro atoms. The van der Waals surface area contributed by atoms with Crippen molar-refractivity contribution in [3.05, 3.63) is 0 Å². The molecule has 2 N–H and O–H groups in total. The zero-order valence-electron chi connectivity index (χ0n) is 9.68. The smallest absolute Gasteiger partial charge is 0.326 e. The SMILES string of the molecule is C[C@@H](C#N)C[C@H](NC(=O)[C@@H]1CCOC1)C(=O)O. The lowest BCUT2D eigenvalue weighted by Gasteiger charge is -2.17. The van der Waals surface area contributed by atoms with Crippen LogP contribution in [-0.2, 0) is 14.3 Å². The van der Waals surface area contributed by atoms with Gasteiger partial charge in [0.1, 0.15) is 6.04 Å². The number of carbonyl (C=O) groups excluding carboxylic acids is 1. The Balaban J connectivity index is 2.51. The van der Waals surface area contributed by atoms with Crippen molar-refractivity contribution >= 4 is 11.9 Å². The van der Waals surface area contributed by atoms with Crippen LogP contribution in [0.3, 0.4) is 0 Å². The van der Waals surface area contributed by atoms with Gasteiger partial charge in [0.05, 0.1) is 18.6 Å². The Kier molecular flexibility index (Phi) is 4.91. The second-order valence-electron chi connectivity index (χ2n) is 4.23. The maximum absolute atomic E-state index is 11.7. The van der Waals surface area contributed by atoms with Crippen molar-refractivity contribution in [2.45, 2.75) is 25.8 Å². The first-order valence-electron chi connectivity index (χ1n) is 5.55. The van der Waals surface area contributed by atoms with Crippen LogP contribution in [0.25, 0.3) is 0 Å². The maximum Gasteiger partial charge on any atom is 0.326 e. The number of nitrogens with one attached hydrogen (secondary N) is 1. The number of carboxylic acid groups (broad SMARTS) is 1. The van der Waals surface area contributed by atoms with Crippen molar-refractivity contribution in [3.8, 4) is 6.07 Å². The summed E-state index contributed by atoms with van der Waals surface area (Å²) in [7, 11) is 0. The Morgan fingerprint density at radius 3 is 2.82 bits per heavy atom. The van der Waals surface area contributed by atoms with Crippen LogP contribution < -0.4 is 5.32 Å². The van der Waals surface area contributed by atoms with Gasteiger partial charge in [-0.2, -0.15) is 5.26 Å². The van der Waals surface area contributed by atoms with Crippen LogP contribution in [0, 0.1) is 23.2 Å². The second-order valence-corrected chi connectivity index (χ2v) is 4.23. The van der Waals surface area contributed by atoms with Crippen LogP contribution in [0.1, 0.15) is 19.8 Å². The van der Waals surface area contributed by atoms with Crippen LogP contribution in [0.4, 0.5) is 0 Å². The first-order chi connectivity index (χ1) is 8.04. The predicted molar refractivity (Wildman–Crippen MR) is 57.9 cm³/mol. The molecule has 1 heterocycles. The van der Waals surface area contributed by atoms with Gasteiger partial charge in [-0.05, 0) is 19.8 Å².